The van der Waals surface area contributed by atoms with Crippen LogP contribution in [-0.4, -0.2) is 33.5 Å². The predicted molar refractivity (Wildman–Crippen MR) is 63.3 cm³/mol. The van der Waals surface area contributed by atoms with E-state index in [1.54, 1.807) is 19.1 Å². The van der Waals surface area contributed by atoms with E-state index in [-0.39, 0.29) is 17.1 Å². The molecule has 18 heavy (non-hydrogen) atoms. The quantitative estimate of drug-likeness (QED) is 0.735. The molecule has 0 bridgehead atoms. The summed E-state index contributed by atoms with van der Waals surface area (Å²) in [4.78, 5) is 11.2. The molecule has 2 rings (SSSR count). The van der Waals surface area contributed by atoms with Crippen molar-refractivity contribution < 1.29 is 14.6 Å². The molecule has 0 spiro atoms. The second-order valence-corrected chi connectivity index (χ2v) is 3.73. The molecule has 7 nitrogen and oxygen atoms in total. The second kappa shape index (κ2) is 4.36. The van der Waals surface area contributed by atoms with Crippen LogP contribution in [0.5, 0.6) is 11.5 Å². The smallest absolute Gasteiger partial charge is 0.271 e. The van der Waals surface area contributed by atoms with Crippen LogP contribution in [0.1, 0.15) is 16.1 Å². The number of amides is 1. The summed E-state index contributed by atoms with van der Waals surface area (Å²) >= 11 is 0. The molecule has 0 saturated heterocycles. The van der Waals surface area contributed by atoms with Gasteiger partial charge in [-0.1, -0.05) is 0 Å². The van der Waals surface area contributed by atoms with E-state index in [0.29, 0.717) is 16.9 Å². The van der Waals surface area contributed by atoms with Crippen LogP contribution in [0.25, 0.3) is 11.3 Å². The van der Waals surface area contributed by atoms with E-state index in [9.17, 15) is 9.90 Å². The maximum atomic E-state index is 11.2. The molecule has 0 unspecified atom stereocenters. The molecule has 0 radical (unpaired) electrons. The number of ether oxygens (including phenoxy) is 1. The number of hydrogen-bond acceptors (Lipinski definition) is 5. The summed E-state index contributed by atoms with van der Waals surface area (Å²) in [5, 5.41) is 19.8. The lowest BCUT2D eigenvalue weighted by atomic mass is 10.0. The number of hydrogen-bond donors (Lipinski definition) is 3. The minimum absolute atomic E-state index is 0.00667. The number of nitrogens with one attached hydrogen (secondary N) is 1. The number of phenols is 1. The molecule has 0 atom stereocenters. The molecule has 1 heterocycles. The van der Waals surface area contributed by atoms with Crippen molar-refractivity contribution in [3.05, 3.63) is 23.4 Å². The van der Waals surface area contributed by atoms with Crippen molar-refractivity contribution in [3.8, 4) is 22.8 Å². The molecule has 4 N–H and O–H groups in total. The Hall–Kier alpha value is -2.57. The average Bonchev–Trinajstić information content (AvgIpc) is 2.81. The lowest BCUT2D eigenvalue weighted by Crippen LogP contribution is -2.12. The molecule has 0 aliphatic carbocycles. The van der Waals surface area contributed by atoms with Gasteiger partial charge in [0, 0.05) is 0 Å². The van der Waals surface area contributed by atoms with Crippen molar-refractivity contribution in [2.24, 2.45) is 5.73 Å². The number of aromatic amines is 1. The summed E-state index contributed by atoms with van der Waals surface area (Å²) in [5.41, 5.74) is 6.29. The van der Waals surface area contributed by atoms with Crippen LogP contribution in [0, 0.1) is 6.92 Å². The minimum Gasteiger partial charge on any atom is -0.507 e. The number of aromatic hydroxyl groups is 1. The first-order valence-corrected chi connectivity index (χ1v) is 5.13. The van der Waals surface area contributed by atoms with Crippen LogP contribution in [-0.2, 0) is 0 Å². The van der Waals surface area contributed by atoms with Gasteiger partial charge in [-0.25, -0.2) is 0 Å². The highest BCUT2D eigenvalue weighted by atomic mass is 16.5. The number of rotatable bonds is 3. The minimum atomic E-state index is -0.723. The Morgan fingerprint density at radius 2 is 2.17 bits per heavy atom. The molecule has 0 fully saturated rings. The third-order valence-corrected chi connectivity index (χ3v) is 2.55. The molecule has 1 aromatic heterocycles. The fourth-order valence-corrected chi connectivity index (χ4v) is 1.64. The molecule has 0 aliphatic rings. The number of methoxy groups -OCH3 is 1. The number of nitrogens with two attached hydrogens (primary N) is 1. The number of nitrogens with zero attached hydrogens (tertiary/aromatic N) is 2. The van der Waals surface area contributed by atoms with Gasteiger partial charge in [0.1, 0.15) is 17.2 Å². The van der Waals surface area contributed by atoms with Gasteiger partial charge in [-0.05, 0) is 24.6 Å². The number of H-pyrrole nitrogens is 1. The number of aryl methyl sites for hydroxylation is 1. The Balaban J connectivity index is 2.66. The van der Waals surface area contributed by atoms with E-state index in [1.807, 2.05) is 0 Å². The second-order valence-electron chi connectivity index (χ2n) is 3.73. The van der Waals surface area contributed by atoms with E-state index in [1.165, 1.54) is 7.11 Å². The fourth-order valence-electron chi connectivity index (χ4n) is 1.64. The van der Waals surface area contributed by atoms with Crippen molar-refractivity contribution in [2.75, 3.05) is 7.11 Å². The maximum Gasteiger partial charge on any atom is 0.271 e. The van der Waals surface area contributed by atoms with Gasteiger partial charge >= 0.3 is 0 Å². The molecular formula is C11H12N4O3. The van der Waals surface area contributed by atoms with Crippen molar-refractivity contribution in [1.82, 2.24) is 15.4 Å². The first-order chi connectivity index (χ1) is 8.54. The summed E-state index contributed by atoms with van der Waals surface area (Å²) in [7, 11) is 1.51. The largest absolute Gasteiger partial charge is 0.507 e. The maximum absolute atomic E-state index is 11.2. The predicted octanol–water partition coefficient (Wildman–Crippen LogP) is 0.593. The van der Waals surface area contributed by atoms with Gasteiger partial charge in [0.15, 0.2) is 5.69 Å². The molecule has 0 saturated carbocycles. The van der Waals surface area contributed by atoms with Crippen molar-refractivity contribution in [1.29, 1.82) is 0 Å². The van der Waals surface area contributed by atoms with E-state index in [4.69, 9.17) is 10.5 Å². The Morgan fingerprint density at radius 3 is 2.78 bits per heavy atom. The lowest BCUT2D eigenvalue weighted by molar-refractivity contribution is 0.0996. The highest BCUT2D eigenvalue weighted by molar-refractivity contribution is 5.97. The van der Waals surface area contributed by atoms with E-state index in [2.05, 4.69) is 15.4 Å². The van der Waals surface area contributed by atoms with Crippen LogP contribution < -0.4 is 10.5 Å². The van der Waals surface area contributed by atoms with Gasteiger partial charge in [-0.15, -0.1) is 0 Å². The average molecular weight is 248 g/mol. The number of carbonyl (C=O) groups excluding carboxylic acids is 1. The topological polar surface area (TPSA) is 114 Å². The Morgan fingerprint density at radius 1 is 1.44 bits per heavy atom. The summed E-state index contributed by atoms with van der Waals surface area (Å²) in [5.74, 6) is -0.176. The van der Waals surface area contributed by atoms with Crippen LogP contribution in [0.2, 0.25) is 0 Å². The highest BCUT2D eigenvalue weighted by Gasteiger charge is 2.19. The molecule has 2 aromatic rings. The zero-order valence-corrected chi connectivity index (χ0v) is 9.89. The van der Waals surface area contributed by atoms with Crippen LogP contribution in [0.15, 0.2) is 12.1 Å². The molecule has 1 aromatic carbocycles. The van der Waals surface area contributed by atoms with Gasteiger partial charge in [0.2, 0.25) is 0 Å². The van der Waals surface area contributed by atoms with Crippen LogP contribution in [0.3, 0.4) is 0 Å². The van der Waals surface area contributed by atoms with Crippen molar-refractivity contribution >= 4 is 5.91 Å². The van der Waals surface area contributed by atoms with E-state index >= 15 is 0 Å². The molecule has 1 amide bonds. The standard InChI is InChI=1S/C11H12N4O3/c1-5-3-6(18-2)4-7(10(5)16)8-9(11(12)17)14-15-13-8/h3-4,16H,1-2H3,(H2,12,17)(H,13,14,15). The number of benzene rings is 1. The Kier molecular flexibility index (Phi) is 2.88. The van der Waals surface area contributed by atoms with Crippen molar-refractivity contribution in [2.45, 2.75) is 6.92 Å². The van der Waals surface area contributed by atoms with E-state index < -0.39 is 5.91 Å². The molecule has 0 aliphatic heterocycles. The normalized spacial score (nSPS) is 10.3. The number of primary amides is 1. The third-order valence-electron chi connectivity index (χ3n) is 2.55. The summed E-state index contributed by atoms with van der Waals surface area (Å²) in [6.07, 6.45) is 0. The monoisotopic (exact) mass is 248 g/mol. The van der Waals surface area contributed by atoms with Crippen LogP contribution in [0.4, 0.5) is 0 Å². The SMILES string of the molecule is COc1cc(C)c(O)c(-c2n[nH]nc2C(N)=O)c1. The highest BCUT2D eigenvalue weighted by Crippen LogP contribution is 2.35. The lowest BCUT2D eigenvalue weighted by Gasteiger charge is -2.08. The van der Waals surface area contributed by atoms with Crippen LogP contribution >= 0.6 is 0 Å². The third kappa shape index (κ3) is 1.86. The molecule has 7 heteroatoms. The van der Waals surface area contributed by atoms with Gasteiger partial charge in [0.05, 0.1) is 12.7 Å². The van der Waals surface area contributed by atoms with Gasteiger partial charge in [0.25, 0.3) is 5.91 Å². The molecule has 94 valence electrons. The molecular weight excluding hydrogens is 236 g/mol. The Labute approximate surface area is 103 Å². The first-order valence-electron chi connectivity index (χ1n) is 5.13. The zero-order chi connectivity index (χ0) is 13.3. The van der Waals surface area contributed by atoms with Gasteiger partial charge in [-0.3, -0.25) is 4.79 Å². The summed E-state index contributed by atoms with van der Waals surface area (Å²) in [6, 6.07) is 3.23. The van der Waals surface area contributed by atoms with Gasteiger partial charge in [-0.2, -0.15) is 15.4 Å². The number of carbonyl (C=O) groups is 1. The Bertz CT molecular complexity index is 606. The zero-order valence-electron chi connectivity index (χ0n) is 9.89. The van der Waals surface area contributed by atoms with Crippen molar-refractivity contribution in [3.63, 3.8) is 0 Å². The van der Waals surface area contributed by atoms with E-state index in [0.717, 1.165) is 0 Å². The first kappa shape index (κ1) is 11.9. The number of phenolic OH excluding ortho intramolecular Hbond substituents is 1. The number of aromatic nitrogens is 3. The summed E-state index contributed by atoms with van der Waals surface area (Å²) < 4.78 is 5.10. The fraction of sp³-hybridized carbons (Fsp3) is 0.182. The summed E-state index contributed by atoms with van der Waals surface area (Å²) in [6.45, 7) is 1.71. The van der Waals surface area contributed by atoms with Gasteiger partial charge < -0.3 is 15.6 Å².